The van der Waals surface area contributed by atoms with Gasteiger partial charge in [-0.25, -0.2) is 4.79 Å². The molecule has 0 saturated heterocycles. The number of phenols is 2. The Labute approximate surface area is 476 Å². The smallest absolute Gasteiger partial charge is 0.330 e. The minimum Gasteiger partial charge on any atom is -0.507 e. The summed E-state index contributed by atoms with van der Waals surface area (Å²) in [6, 6.07) is 2.44. The van der Waals surface area contributed by atoms with E-state index in [0.717, 1.165) is 24.3 Å². The van der Waals surface area contributed by atoms with E-state index in [9.17, 15) is 54.3 Å². The van der Waals surface area contributed by atoms with E-state index >= 15 is 9.59 Å². The molecule has 27 heteroatoms. The number of methoxy groups -OCH3 is 2. The summed E-state index contributed by atoms with van der Waals surface area (Å²) >= 11 is 13.6. The zero-order valence-electron chi connectivity index (χ0n) is 44.2. The number of carboxylic acid groups (broad SMARTS) is 1. The summed E-state index contributed by atoms with van der Waals surface area (Å²) in [4.78, 5) is 114. The largest absolute Gasteiger partial charge is 0.507 e. The van der Waals surface area contributed by atoms with Crippen molar-refractivity contribution in [3.8, 4) is 57.1 Å². The quantitative estimate of drug-likeness (QED) is 0.0956. The number of benzene rings is 5. The monoisotopic (exact) mass is 1170 g/mol. The minimum absolute atomic E-state index is 0.0271. The molecular weight excluding hydrogens is 1120 g/mol. The Kier molecular flexibility index (Phi) is 17.7. The van der Waals surface area contributed by atoms with Gasteiger partial charge in [0.1, 0.15) is 71.2 Å². The van der Waals surface area contributed by atoms with E-state index in [4.69, 9.17) is 47.9 Å². The van der Waals surface area contributed by atoms with Crippen LogP contribution in [0.15, 0.2) is 78.9 Å². The number of hydrogen-bond donors (Lipinski definition) is 13. The van der Waals surface area contributed by atoms with Crippen LogP contribution in [0.1, 0.15) is 84.8 Å². The number of aliphatic hydroxyl groups excluding tert-OH is 2. The Balaban J connectivity index is 1.37. The summed E-state index contributed by atoms with van der Waals surface area (Å²) in [7, 11) is 4.01. The van der Waals surface area contributed by atoms with Gasteiger partial charge in [-0.05, 0) is 96.2 Å². The predicted octanol–water partition coefficient (Wildman–Crippen LogP) is 3.00. The lowest BCUT2D eigenvalue weighted by atomic mass is 9.89. The van der Waals surface area contributed by atoms with Crippen molar-refractivity contribution in [2.45, 2.75) is 81.2 Å². The van der Waals surface area contributed by atoms with Crippen LogP contribution < -0.4 is 61.9 Å². The van der Waals surface area contributed by atoms with E-state index in [1.807, 2.05) is 13.8 Å². The molecule has 0 saturated carbocycles. The number of rotatable bonds is 10. The van der Waals surface area contributed by atoms with Gasteiger partial charge in [0, 0.05) is 22.8 Å². The molecule has 82 heavy (non-hydrogen) atoms. The highest BCUT2D eigenvalue weighted by molar-refractivity contribution is 6.32. The lowest BCUT2D eigenvalue weighted by molar-refractivity contribution is -0.143. The first-order chi connectivity index (χ1) is 38.9. The third-order valence-electron chi connectivity index (χ3n) is 13.8. The molecule has 0 fully saturated rings. The summed E-state index contributed by atoms with van der Waals surface area (Å²) < 4.78 is 23.4. The molecule has 9 atom stereocenters. The number of likely N-dealkylation sites (N-methyl/N-ethyl adjacent to an activating group) is 1. The lowest BCUT2D eigenvalue weighted by Gasteiger charge is -2.31. The van der Waals surface area contributed by atoms with E-state index in [2.05, 4.69) is 37.2 Å². The van der Waals surface area contributed by atoms with Crippen molar-refractivity contribution < 1.29 is 82.8 Å². The standard InChI is InChI=1S/C55H56Cl2N8O17/c1-21(2)12-31(59-3)49(71)64-44-46(68)23-7-10-34(29(56)14-23)81-37-16-25-17-38(48(37)70)82-35-11-8-24(15-30(35)57)47(69)45-54(76)63-43(55(77)78)28-18-26(79-4)19-36(80-5)40(28)27-13-22(6-9-33(27)66)41(51(73)65-45)62-52(74)42(25)61-50(72)32(20-39(58)67)60-53(44)75/h6-11,13-19,21,31-32,41-47,59,66,68-70H,12,20H2,1-5H3,(H2,58,67)(H,60,75)(H,61,72)(H,62,74)(H,63,76)(H,64,71)(H,65,73)(H,77,78)/t31-,32+,41-,42-,43-,44-,45+,46-,47-/m1/s1. The number of phenolic OH excluding ortho intramolecular Hbond substituents is 2. The number of hydrogen-bond acceptors (Lipinski definition) is 17. The van der Waals surface area contributed by atoms with Crippen LogP contribution in [0, 0.1) is 5.92 Å². The number of carbonyl (C=O) groups excluding carboxylic acids is 7. The normalized spacial score (nSPS) is 22.1. The number of carboxylic acids is 1. The van der Waals surface area contributed by atoms with Crippen molar-refractivity contribution in [3.05, 3.63) is 117 Å². The molecule has 5 heterocycles. The molecule has 7 amide bonds. The van der Waals surface area contributed by atoms with Crippen LogP contribution in [0.2, 0.25) is 10.0 Å². The lowest BCUT2D eigenvalue weighted by Crippen LogP contribution is -2.59. The van der Waals surface area contributed by atoms with Crippen LogP contribution >= 0.6 is 23.2 Å². The molecule has 0 spiro atoms. The fourth-order valence-corrected chi connectivity index (χ4v) is 10.0. The fraction of sp³-hybridized carbons (Fsp3) is 0.309. The van der Waals surface area contributed by atoms with Crippen LogP contribution in [0.3, 0.4) is 0 Å². The van der Waals surface area contributed by atoms with Gasteiger partial charge in [-0.15, -0.1) is 0 Å². The zero-order valence-corrected chi connectivity index (χ0v) is 45.7. The predicted molar refractivity (Wildman–Crippen MR) is 290 cm³/mol. The van der Waals surface area contributed by atoms with Crippen LogP contribution in [0.25, 0.3) is 11.1 Å². The highest BCUT2D eigenvalue weighted by atomic mass is 35.5. The van der Waals surface area contributed by atoms with Gasteiger partial charge in [-0.1, -0.05) is 55.2 Å². The zero-order chi connectivity index (χ0) is 59.6. The summed E-state index contributed by atoms with van der Waals surface area (Å²) in [5.41, 5.74) is 4.36. The second-order valence-corrected chi connectivity index (χ2v) is 20.6. The van der Waals surface area contributed by atoms with E-state index in [-0.39, 0.29) is 84.3 Å². The molecule has 25 nitrogen and oxygen atoms in total. The van der Waals surface area contributed by atoms with Crippen molar-refractivity contribution in [2.24, 2.45) is 11.7 Å². The number of amides is 7. The first kappa shape index (κ1) is 59.2. The number of aliphatic carboxylic acids is 1. The third-order valence-corrected chi connectivity index (χ3v) is 14.4. The topological polar surface area (TPSA) is 385 Å². The second-order valence-electron chi connectivity index (χ2n) is 19.7. The van der Waals surface area contributed by atoms with Crippen molar-refractivity contribution in [3.63, 3.8) is 0 Å². The van der Waals surface area contributed by atoms with Crippen molar-refractivity contribution in [1.82, 2.24) is 37.2 Å². The molecule has 0 radical (unpaired) electrons. The molecular formula is C55H56Cl2N8O17. The van der Waals surface area contributed by atoms with E-state index in [0.29, 0.717) is 0 Å². The highest BCUT2D eigenvalue weighted by Gasteiger charge is 2.42. The van der Waals surface area contributed by atoms with Gasteiger partial charge < -0.3 is 87.4 Å². The Bertz CT molecular complexity index is 3420. The summed E-state index contributed by atoms with van der Waals surface area (Å²) in [6.07, 6.45) is -4.68. The Hall–Kier alpha value is -8.88. The number of carbonyl (C=O) groups is 8. The number of aromatic hydroxyl groups is 2. The number of ether oxygens (including phenoxy) is 4. The third kappa shape index (κ3) is 12.4. The van der Waals surface area contributed by atoms with Gasteiger partial charge >= 0.3 is 5.97 Å². The summed E-state index contributed by atoms with van der Waals surface area (Å²) in [5, 5.41) is 75.3. The number of primary amides is 1. The van der Waals surface area contributed by atoms with Gasteiger partial charge in [0.25, 0.3) is 0 Å². The SMILES string of the molecule is CN[C@H](CC(C)C)C(=O)N[C@H]1C(=O)N[C@@H](CC(N)=O)C(=O)N[C@H]2C(=O)N[C@H]3C(=O)N[C@H](C(=O)N[C@@H](C(=O)O)c4cc(OC)cc(OC)c4-c4cc3ccc4O)[C@H](O)c3ccc(c(Cl)c3)Oc3cc2cc(c3O)Oc2ccc(cc2Cl)[C@H]1O. The Morgan fingerprint density at radius 1 is 0.683 bits per heavy atom. The van der Waals surface area contributed by atoms with Crippen LogP contribution in [-0.2, 0) is 38.4 Å². The van der Waals surface area contributed by atoms with E-state index in [1.54, 1.807) is 0 Å². The second kappa shape index (κ2) is 24.5. The molecule has 10 rings (SSSR count). The fourth-order valence-electron chi connectivity index (χ4n) is 9.59. The number of nitrogens with one attached hydrogen (secondary N) is 7. The average molecular weight is 1170 g/mol. The maximum Gasteiger partial charge on any atom is 0.330 e. The van der Waals surface area contributed by atoms with Crippen LogP contribution in [0.5, 0.6) is 46.0 Å². The number of aliphatic hydroxyl groups is 2. The van der Waals surface area contributed by atoms with E-state index in [1.165, 1.54) is 75.9 Å². The maximum atomic E-state index is 15.5. The molecule has 11 bridgehead atoms. The van der Waals surface area contributed by atoms with Crippen molar-refractivity contribution in [2.75, 3.05) is 21.3 Å². The first-order valence-corrected chi connectivity index (χ1v) is 25.9. The maximum absolute atomic E-state index is 15.5. The number of fused-ring (bicyclic) bond motifs is 15. The van der Waals surface area contributed by atoms with Crippen molar-refractivity contribution >= 4 is 70.5 Å². The van der Waals surface area contributed by atoms with Crippen LogP contribution in [0.4, 0.5) is 0 Å². The molecule has 5 aromatic carbocycles. The van der Waals surface area contributed by atoms with Gasteiger partial charge in [0.15, 0.2) is 17.5 Å². The van der Waals surface area contributed by atoms with Crippen molar-refractivity contribution in [1.29, 1.82) is 0 Å². The first-order valence-electron chi connectivity index (χ1n) is 25.2. The molecule has 432 valence electrons. The van der Waals surface area contributed by atoms with Gasteiger partial charge in [0.05, 0.1) is 36.7 Å². The molecule has 0 aromatic heterocycles. The molecule has 5 aliphatic rings. The number of halogens is 2. The molecule has 0 aliphatic carbocycles. The molecule has 14 N–H and O–H groups in total. The Morgan fingerprint density at radius 2 is 1.27 bits per heavy atom. The highest BCUT2D eigenvalue weighted by Crippen LogP contribution is 2.48. The minimum atomic E-state index is -2.13. The van der Waals surface area contributed by atoms with Gasteiger partial charge in [-0.3, -0.25) is 33.6 Å². The van der Waals surface area contributed by atoms with E-state index < -0.39 is 131 Å². The molecule has 5 aromatic rings. The average Bonchev–Trinajstić information content (AvgIpc) is 3.50. The van der Waals surface area contributed by atoms with Gasteiger partial charge in [-0.2, -0.15) is 0 Å². The summed E-state index contributed by atoms with van der Waals surface area (Å²) in [6.45, 7) is 3.70. The van der Waals surface area contributed by atoms with Gasteiger partial charge in [0.2, 0.25) is 47.1 Å². The summed E-state index contributed by atoms with van der Waals surface area (Å²) in [5.74, 6) is -12.8. The Morgan fingerprint density at radius 3 is 1.83 bits per heavy atom. The molecule has 5 aliphatic heterocycles. The molecule has 0 unspecified atom stereocenters. The number of nitrogens with two attached hydrogens (primary N) is 1. The van der Waals surface area contributed by atoms with Crippen LogP contribution in [-0.4, -0.2) is 118 Å².